The van der Waals surface area contributed by atoms with Gasteiger partial charge in [0.1, 0.15) is 0 Å². The number of pyridine rings is 1. The van der Waals surface area contributed by atoms with Crippen LogP contribution in [0.2, 0.25) is 0 Å². The van der Waals surface area contributed by atoms with Crippen LogP contribution in [-0.2, 0) is 6.42 Å². The summed E-state index contributed by atoms with van der Waals surface area (Å²) in [5.41, 5.74) is 1.13. The Kier molecular flexibility index (Phi) is 3.71. The SMILES string of the molecule is COc1ccc(C[C@H](C)CO)cn1. The van der Waals surface area contributed by atoms with Crippen molar-refractivity contribution in [1.82, 2.24) is 4.98 Å². The Labute approximate surface area is 78.4 Å². The minimum atomic E-state index is 0.214. The van der Waals surface area contributed by atoms with Crippen LogP contribution in [0.1, 0.15) is 12.5 Å². The molecule has 13 heavy (non-hydrogen) atoms. The zero-order valence-corrected chi connectivity index (χ0v) is 8.03. The number of nitrogens with zero attached hydrogens (tertiary/aromatic N) is 1. The van der Waals surface area contributed by atoms with Gasteiger partial charge in [-0.05, 0) is 17.9 Å². The molecule has 3 heteroatoms. The smallest absolute Gasteiger partial charge is 0.212 e. The van der Waals surface area contributed by atoms with Crippen LogP contribution in [0.5, 0.6) is 5.88 Å². The van der Waals surface area contributed by atoms with E-state index in [4.69, 9.17) is 9.84 Å². The first kappa shape index (κ1) is 9.99. The first-order chi connectivity index (χ1) is 6.26. The lowest BCUT2D eigenvalue weighted by Crippen LogP contribution is -2.04. The van der Waals surface area contributed by atoms with E-state index in [2.05, 4.69) is 4.98 Å². The first-order valence-electron chi connectivity index (χ1n) is 4.36. The van der Waals surface area contributed by atoms with Crippen LogP contribution < -0.4 is 4.74 Å². The normalized spacial score (nSPS) is 12.5. The Hall–Kier alpha value is -1.09. The molecule has 1 rings (SSSR count). The topological polar surface area (TPSA) is 42.4 Å². The van der Waals surface area contributed by atoms with Crippen LogP contribution in [-0.4, -0.2) is 23.8 Å². The lowest BCUT2D eigenvalue weighted by atomic mass is 10.0. The summed E-state index contributed by atoms with van der Waals surface area (Å²) >= 11 is 0. The molecule has 0 saturated heterocycles. The highest BCUT2D eigenvalue weighted by Gasteiger charge is 2.02. The van der Waals surface area contributed by atoms with Crippen molar-refractivity contribution in [2.45, 2.75) is 13.3 Å². The summed E-state index contributed by atoms with van der Waals surface area (Å²) in [6, 6.07) is 3.80. The van der Waals surface area contributed by atoms with Crippen molar-refractivity contribution in [3.8, 4) is 5.88 Å². The second kappa shape index (κ2) is 4.82. The van der Waals surface area contributed by atoms with Crippen molar-refractivity contribution in [2.75, 3.05) is 13.7 Å². The zero-order chi connectivity index (χ0) is 9.68. The Morgan fingerprint density at radius 3 is 2.77 bits per heavy atom. The fraction of sp³-hybridized carbons (Fsp3) is 0.500. The number of hydrogen-bond acceptors (Lipinski definition) is 3. The van der Waals surface area contributed by atoms with E-state index in [-0.39, 0.29) is 12.5 Å². The molecule has 0 unspecified atom stereocenters. The van der Waals surface area contributed by atoms with E-state index in [1.165, 1.54) is 0 Å². The summed E-state index contributed by atoms with van der Waals surface area (Å²) in [7, 11) is 1.60. The van der Waals surface area contributed by atoms with E-state index in [9.17, 15) is 0 Å². The second-order valence-electron chi connectivity index (χ2n) is 3.20. The zero-order valence-electron chi connectivity index (χ0n) is 8.03. The fourth-order valence-electron chi connectivity index (χ4n) is 1.12. The van der Waals surface area contributed by atoms with Gasteiger partial charge in [0.25, 0.3) is 0 Å². The van der Waals surface area contributed by atoms with Crippen molar-refractivity contribution in [1.29, 1.82) is 0 Å². The lowest BCUT2D eigenvalue weighted by molar-refractivity contribution is 0.237. The van der Waals surface area contributed by atoms with Crippen molar-refractivity contribution in [3.05, 3.63) is 23.9 Å². The summed E-state index contributed by atoms with van der Waals surface area (Å²) in [6.07, 6.45) is 2.64. The van der Waals surface area contributed by atoms with E-state index >= 15 is 0 Å². The highest BCUT2D eigenvalue weighted by Crippen LogP contribution is 2.10. The number of aliphatic hydroxyl groups is 1. The molecule has 1 N–H and O–H groups in total. The summed E-state index contributed by atoms with van der Waals surface area (Å²) in [4.78, 5) is 4.08. The van der Waals surface area contributed by atoms with E-state index in [0.29, 0.717) is 5.88 Å². The fourth-order valence-corrected chi connectivity index (χ4v) is 1.12. The average molecular weight is 181 g/mol. The molecule has 0 spiro atoms. The van der Waals surface area contributed by atoms with Crippen LogP contribution in [0.3, 0.4) is 0 Å². The van der Waals surface area contributed by atoms with Gasteiger partial charge in [-0.1, -0.05) is 13.0 Å². The maximum atomic E-state index is 8.85. The minimum Gasteiger partial charge on any atom is -0.481 e. The van der Waals surface area contributed by atoms with Gasteiger partial charge in [-0.3, -0.25) is 0 Å². The molecule has 0 aliphatic heterocycles. The number of hydrogen-bond donors (Lipinski definition) is 1. The van der Waals surface area contributed by atoms with Gasteiger partial charge < -0.3 is 9.84 Å². The third-order valence-corrected chi connectivity index (χ3v) is 1.90. The molecule has 1 aromatic rings. The molecular formula is C10H15NO2. The standard InChI is InChI=1S/C10H15NO2/c1-8(7-12)5-9-3-4-10(13-2)11-6-9/h3-4,6,8,12H,5,7H2,1-2H3/t8-/m0/s1. The molecule has 0 saturated carbocycles. The molecule has 0 amide bonds. The van der Waals surface area contributed by atoms with Crippen LogP contribution in [0.15, 0.2) is 18.3 Å². The number of aromatic nitrogens is 1. The van der Waals surface area contributed by atoms with Crippen LogP contribution in [0.4, 0.5) is 0 Å². The molecule has 0 aliphatic carbocycles. The number of ether oxygens (including phenoxy) is 1. The summed E-state index contributed by atoms with van der Waals surface area (Å²) in [5.74, 6) is 0.913. The largest absolute Gasteiger partial charge is 0.481 e. The Balaban J connectivity index is 2.58. The van der Waals surface area contributed by atoms with Gasteiger partial charge in [0.05, 0.1) is 7.11 Å². The van der Waals surface area contributed by atoms with Gasteiger partial charge in [-0.2, -0.15) is 0 Å². The molecule has 1 atom stereocenters. The lowest BCUT2D eigenvalue weighted by Gasteiger charge is -2.07. The molecule has 0 aromatic carbocycles. The van der Waals surface area contributed by atoms with Crippen molar-refractivity contribution in [3.63, 3.8) is 0 Å². The van der Waals surface area contributed by atoms with Gasteiger partial charge in [-0.15, -0.1) is 0 Å². The maximum absolute atomic E-state index is 8.85. The maximum Gasteiger partial charge on any atom is 0.212 e. The quantitative estimate of drug-likeness (QED) is 0.760. The monoisotopic (exact) mass is 181 g/mol. The van der Waals surface area contributed by atoms with Crippen LogP contribution in [0.25, 0.3) is 0 Å². The van der Waals surface area contributed by atoms with Gasteiger partial charge in [0.2, 0.25) is 5.88 Å². The van der Waals surface area contributed by atoms with Crippen molar-refractivity contribution < 1.29 is 9.84 Å². The molecule has 0 fully saturated rings. The second-order valence-corrected chi connectivity index (χ2v) is 3.20. The van der Waals surface area contributed by atoms with E-state index < -0.39 is 0 Å². The third-order valence-electron chi connectivity index (χ3n) is 1.90. The summed E-state index contributed by atoms with van der Waals surface area (Å²) in [6.45, 7) is 2.22. The van der Waals surface area contributed by atoms with E-state index in [1.54, 1.807) is 13.3 Å². The average Bonchev–Trinajstić information content (AvgIpc) is 2.19. The molecule has 72 valence electrons. The van der Waals surface area contributed by atoms with Gasteiger partial charge in [0.15, 0.2) is 0 Å². The van der Waals surface area contributed by atoms with Crippen LogP contribution in [0, 0.1) is 5.92 Å². The highest BCUT2D eigenvalue weighted by atomic mass is 16.5. The van der Waals surface area contributed by atoms with Crippen molar-refractivity contribution in [2.24, 2.45) is 5.92 Å². The third kappa shape index (κ3) is 3.03. The minimum absolute atomic E-state index is 0.214. The molecule has 0 bridgehead atoms. The van der Waals surface area contributed by atoms with Gasteiger partial charge in [-0.25, -0.2) is 4.98 Å². The molecule has 0 radical (unpaired) electrons. The van der Waals surface area contributed by atoms with Crippen LogP contribution >= 0.6 is 0 Å². The Morgan fingerprint density at radius 1 is 1.54 bits per heavy atom. The predicted octanol–water partition coefficient (Wildman–Crippen LogP) is 1.26. The molecule has 3 nitrogen and oxygen atoms in total. The molecular weight excluding hydrogens is 166 g/mol. The molecule has 0 aliphatic rings. The Morgan fingerprint density at radius 2 is 2.31 bits per heavy atom. The predicted molar refractivity (Wildman–Crippen MR) is 50.7 cm³/mol. The number of aliphatic hydroxyl groups excluding tert-OH is 1. The number of methoxy groups -OCH3 is 1. The van der Waals surface area contributed by atoms with E-state index in [1.807, 2.05) is 19.1 Å². The van der Waals surface area contributed by atoms with Crippen molar-refractivity contribution >= 4 is 0 Å². The molecule has 1 aromatic heterocycles. The van der Waals surface area contributed by atoms with E-state index in [0.717, 1.165) is 12.0 Å². The summed E-state index contributed by atoms with van der Waals surface area (Å²) < 4.78 is 4.94. The van der Waals surface area contributed by atoms with Gasteiger partial charge in [0, 0.05) is 18.9 Å². The molecule has 1 heterocycles. The number of rotatable bonds is 4. The summed E-state index contributed by atoms with van der Waals surface area (Å²) in [5, 5.41) is 8.85. The van der Waals surface area contributed by atoms with Gasteiger partial charge >= 0.3 is 0 Å². The Bertz CT molecular complexity index is 246. The highest BCUT2D eigenvalue weighted by molar-refractivity contribution is 5.17. The first-order valence-corrected chi connectivity index (χ1v) is 4.36.